The number of anilines is 1. The van der Waals surface area contributed by atoms with Crippen molar-refractivity contribution in [2.75, 3.05) is 11.9 Å². The fourth-order valence-corrected chi connectivity index (χ4v) is 2.49. The van der Waals surface area contributed by atoms with Crippen LogP contribution in [0.5, 0.6) is 0 Å². The van der Waals surface area contributed by atoms with Crippen LogP contribution in [0.25, 0.3) is 0 Å². The van der Waals surface area contributed by atoms with Crippen LogP contribution in [-0.4, -0.2) is 6.54 Å². The van der Waals surface area contributed by atoms with Gasteiger partial charge in [-0.25, -0.2) is 4.39 Å². The van der Waals surface area contributed by atoms with Gasteiger partial charge in [-0.05, 0) is 24.5 Å². The van der Waals surface area contributed by atoms with Gasteiger partial charge in [0.1, 0.15) is 5.82 Å². The van der Waals surface area contributed by atoms with E-state index in [4.69, 9.17) is 0 Å². The number of nitrogens with one attached hydrogen (secondary N) is 1. The monoisotopic (exact) mass is 221 g/mol. The van der Waals surface area contributed by atoms with Crippen molar-refractivity contribution in [1.29, 1.82) is 0 Å². The minimum absolute atomic E-state index is 0.147. The highest BCUT2D eigenvalue weighted by molar-refractivity contribution is 5.44. The maximum atomic E-state index is 13.3. The average Bonchev–Trinajstić information content (AvgIpc) is 2.33. The summed E-state index contributed by atoms with van der Waals surface area (Å²) in [5, 5.41) is 3.19. The van der Waals surface area contributed by atoms with Crippen molar-refractivity contribution in [2.24, 2.45) is 5.92 Å². The van der Waals surface area contributed by atoms with Crippen LogP contribution in [0.1, 0.15) is 38.5 Å². The minimum atomic E-state index is -0.147. The van der Waals surface area contributed by atoms with E-state index >= 15 is 0 Å². The second kappa shape index (κ2) is 5.88. The summed E-state index contributed by atoms with van der Waals surface area (Å²) in [4.78, 5) is 0. The average molecular weight is 221 g/mol. The lowest BCUT2D eigenvalue weighted by atomic mass is 9.87. The number of benzene rings is 1. The van der Waals surface area contributed by atoms with Crippen molar-refractivity contribution in [1.82, 2.24) is 0 Å². The van der Waals surface area contributed by atoms with Crippen molar-refractivity contribution in [3.8, 4) is 0 Å². The van der Waals surface area contributed by atoms with Crippen LogP contribution in [0.4, 0.5) is 10.1 Å². The van der Waals surface area contributed by atoms with E-state index in [1.54, 1.807) is 12.1 Å². The van der Waals surface area contributed by atoms with Gasteiger partial charge in [-0.1, -0.05) is 44.2 Å². The molecule has 0 aliphatic heterocycles. The highest BCUT2D eigenvalue weighted by Gasteiger charge is 2.12. The maximum Gasteiger partial charge on any atom is 0.146 e. The largest absolute Gasteiger partial charge is 0.383 e. The van der Waals surface area contributed by atoms with Crippen molar-refractivity contribution < 1.29 is 4.39 Å². The molecule has 1 aliphatic rings. The first-order valence-corrected chi connectivity index (χ1v) is 6.34. The van der Waals surface area contributed by atoms with Crippen molar-refractivity contribution in [2.45, 2.75) is 38.5 Å². The minimum Gasteiger partial charge on any atom is -0.383 e. The highest BCUT2D eigenvalue weighted by Crippen LogP contribution is 2.26. The Morgan fingerprint density at radius 1 is 1.12 bits per heavy atom. The Balaban J connectivity index is 1.73. The molecule has 1 saturated carbocycles. The molecule has 2 heteroatoms. The van der Waals surface area contributed by atoms with Gasteiger partial charge in [0, 0.05) is 6.54 Å². The van der Waals surface area contributed by atoms with Crippen molar-refractivity contribution >= 4 is 5.69 Å². The van der Waals surface area contributed by atoms with E-state index in [0.29, 0.717) is 5.69 Å². The summed E-state index contributed by atoms with van der Waals surface area (Å²) in [6.07, 6.45) is 8.05. The van der Waals surface area contributed by atoms with Crippen LogP contribution in [0.2, 0.25) is 0 Å². The van der Waals surface area contributed by atoms with Crippen LogP contribution in [0.15, 0.2) is 24.3 Å². The standard InChI is InChI=1S/C14H20FN/c15-13-8-4-5-9-14(13)16-11-10-12-6-2-1-3-7-12/h4-5,8-9,12,16H,1-3,6-7,10-11H2. The second-order valence-electron chi connectivity index (χ2n) is 4.70. The quantitative estimate of drug-likeness (QED) is 0.803. The predicted molar refractivity (Wildman–Crippen MR) is 66.1 cm³/mol. The zero-order chi connectivity index (χ0) is 11.2. The third kappa shape index (κ3) is 3.22. The van der Waals surface area contributed by atoms with Crippen molar-refractivity contribution in [3.05, 3.63) is 30.1 Å². The molecule has 0 saturated heterocycles. The summed E-state index contributed by atoms with van der Waals surface area (Å²) in [7, 11) is 0. The third-order valence-electron chi connectivity index (χ3n) is 3.47. The molecule has 1 N–H and O–H groups in total. The van der Waals surface area contributed by atoms with Gasteiger partial charge in [0.25, 0.3) is 0 Å². The molecular formula is C14H20FN. The van der Waals surface area contributed by atoms with E-state index in [1.807, 2.05) is 6.07 Å². The fourth-order valence-electron chi connectivity index (χ4n) is 2.49. The van der Waals surface area contributed by atoms with E-state index in [-0.39, 0.29) is 5.82 Å². The molecule has 1 nitrogen and oxygen atoms in total. The molecule has 88 valence electrons. The molecule has 0 aromatic heterocycles. The summed E-state index contributed by atoms with van der Waals surface area (Å²) in [5.74, 6) is 0.708. The van der Waals surface area contributed by atoms with Gasteiger partial charge in [0.2, 0.25) is 0 Å². The van der Waals surface area contributed by atoms with Gasteiger partial charge in [0.05, 0.1) is 5.69 Å². The SMILES string of the molecule is Fc1ccccc1NCCC1CCCCC1. The van der Waals surface area contributed by atoms with Gasteiger partial charge >= 0.3 is 0 Å². The van der Waals surface area contributed by atoms with Crippen LogP contribution in [0, 0.1) is 11.7 Å². The first kappa shape index (κ1) is 11.4. The lowest BCUT2D eigenvalue weighted by molar-refractivity contribution is 0.345. The molecule has 0 unspecified atom stereocenters. The van der Waals surface area contributed by atoms with Crippen LogP contribution >= 0.6 is 0 Å². The summed E-state index contributed by atoms with van der Waals surface area (Å²) >= 11 is 0. The van der Waals surface area contributed by atoms with Crippen LogP contribution < -0.4 is 5.32 Å². The molecule has 0 spiro atoms. The van der Waals surface area contributed by atoms with Gasteiger partial charge in [-0.2, -0.15) is 0 Å². The third-order valence-corrected chi connectivity index (χ3v) is 3.47. The van der Waals surface area contributed by atoms with Crippen LogP contribution in [-0.2, 0) is 0 Å². The Morgan fingerprint density at radius 2 is 1.88 bits per heavy atom. The number of halogens is 1. The van der Waals surface area contributed by atoms with E-state index < -0.39 is 0 Å². The molecular weight excluding hydrogens is 201 g/mol. The molecule has 16 heavy (non-hydrogen) atoms. The van der Waals surface area contributed by atoms with Gasteiger partial charge in [0.15, 0.2) is 0 Å². The highest BCUT2D eigenvalue weighted by atomic mass is 19.1. The molecule has 0 atom stereocenters. The van der Waals surface area contributed by atoms with Gasteiger partial charge < -0.3 is 5.32 Å². The molecule has 2 rings (SSSR count). The summed E-state index contributed by atoms with van der Waals surface area (Å²) in [5.41, 5.74) is 0.637. The molecule has 1 aliphatic carbocycles. The first-order chi connectivity index (χ1) is 7.86. The number of hydrogen-bond acceptors (Lipinski definition) is 1. The molecule has 0 radical (unpaired) electrons. The summed E-state index contributed by atoms with van der Waals surface area (Å²) in [6, 6.07) is 6.90. The van der Waals surface area contributed by atoms with E-state index in [2.05, 4.69) is 5.32 Å². The van der Waals surface area contributed by atoms with Crippen LogP contribution in [0.3, 0.4) is 0 Å². The molecule has 0 bridgehead atoms. The van der Waals surface area contributed by atoms with Gasteiger partial charge in [-0.3, -0.25) is 0 Å². The Labute approximate surface area is 97.1 Å². The normalized spacial score (nSPS) is 17.3. The Morgan fingerprint density at radius 3 is 2.62 bits per heavy atom. The Bertz CT molecular complexity index is 318. The molecule has 1 fully saturated rings. The Hall–Kier alpha value is -1.05. The van der Waals surface area contributed by atoms with E-state index in [1.165, 1.54) is 44.6 Å². The second-order valence-corrected chi connectivity index (χ2v) is 4.70. The lowest BCUT2D eigenvalue weighted by Crippen LogP contribution is -2.12. The topological polar surface area (TPSA) is 12.0 Å². The number of hydrogen-bond donors (Lipinski definition) is 1. The first-order valence-electron chi connectivity index (χ1n) is 6.34. The fraction of sp³-hybridized carbons (Fsp3) is 0.571. The van der Waals surface area contributed by atoms with E-state index in [0.717, 1.165) is 12.5 Å². The molecule has 0 heterocycles. The smallest absolute Gasteiger partial charge is 0.146 e. The zero-order valence-corrected chi connectivity index (χ0v) is 9.71. The molecule has 0 amide bonds. The number of para-hydroxylation sites is 1. The van der Waals surface area contributed by atoms with Gasteiger partial charge in [-0.15, -0.1) is 0 Å². The predicted octanol–water partition coefficient (Wildman–Crippen LogP) is 4.21. The maximum absolute atomic E-state index is 13.3. The van der Waals surface area contributed by atoms with Crippen molar-refractivity contribution in [3.63, 3.8) is 0 Å². The molecule has 1 aromatic carbocycles. The summed E-state index contributed by atoms with van der Waals surface area (Å²) in [6.45, 7) is 0.894. The molecule has 1 aromatic rings. The Kier molecular flexibility index (Phi) is 4.20. The zero-order valence-electron chi connectivity index (χ0n) is 9.71. The van der Waals surface area contributed by atoms with E-state index in [9.17, 15) is 4.39 Å². The number of rotatable bonds is 4. The lowest BCUT2D eigenvalue weighted by Gasteiger charge is -2.21. The summed E-state index contributed by atoms with van der Waals surface area (Å²) < 4.78 is 13.3.